The molecule has 1 fully saturated rings. The van der Waals surface area contributed by atoms with Crippen molar-refractivity contribution in [1.82, 2.24) is 20.1 Å². The highest BCUT2D eigenvalue weighted by Crippen LogP contribution is 2.33. The number of aromatic nitrogens is 3. The first kappa shape index (κ1) is 16.8. The molecule has 3 heterocycles. The van der Waals surface area contributed by atoms with Gasteiger partial charge in [0.2, 0.25) is 0 Å². The van der Waals surface area contributed by atoms with Gasteiger partial charge >= 0.3 is 0 Å². The summed E-state index contributed by atoms with van der Waals surface area (Å²) >= 11 is 0. The van der Waals surface area contributed by atoms with Crippen LogP contribution in [-0.4, -0.2) is 33.9 Å². The third kappa shape index (κ3) is 3.12. The third-order valence-electron chi connectivity index (χ3n) is 5.30. The average molecular weight is 352 g/mol. The molecule has 0 saturated carbocycles. The number of hydrogen-bond acceptors (Lipinski definition) is 3. The molecule has 1 amide bonds. The van der Waals surface area contributed by atoms with Crippen molar-refractivity contribution in [1.29, 1.82) is 0 Å². The quantitative estimate of drug-likeness (QED) is 0.758. The molecule has 4 rings (SSSR count). The zero-order chi connectivity index (χ0) is 18.1. The van der Waals surface area contributed by atoms with Crippen LogP contribution in [0.5, 0.6) is 0 Å². The topological polar surface area (TPSA) is 71.9 Å². The van der Waals surface area contributed by atoms with Crippen LogP contribution >= 0.6 is 0 Å². The lowest BCUT2D eigenvalue weighted by atomic mass is 9.93. The van der Waals surface area contributed by atoms with E-state index in [1.807, 2.05) is 0 Å². The summed E-state index contributed by atoms with van der Waals surface area (Å²) in [5, 5.41) is 8.24. The van der Waals surface area contributed by atoms with Gasteiger partial charge in [-0.2, -0.15) is 5.10 Å². The standard InChI is InChI=1S/C20H24N4O2/c1-13-16-11-14(12-21-20(25)18-5-8-22-24(18)2)3-4-17(16)23-19(13)15-6-9-26-10-7-15/h3-5,8,11,15,23H,6-7,9-10,12H2,1-2H3,(H,21,25). The maximum absolute atomic E-state index is 12.3. The Morgan fingerprint density at radius 1 is 1.35 bits per heavy atom. The zero-order valence-corrected chi connectivity index (χ0v) is 15.2. The molecule has 0 unspecified atom stereocenters. The molecule has 0 bridgehead atoms. The van der Waals surface area contributed by atoms with Gasteiger partial charge in [0.1, 0.15) is 5.69 Å². The van der Waals surface area contributed by atoms with Gasteiger partial charge in [-0.25, -0.2) is 0 Å². The van der Waals surface area contributed by atoms with E-state index in [-0.39, 0.29) is 5.91 Å². The fourth-order valence-corrected chi connectivity index (χ4v) is 3.77. The van der Waals surface area contributed by atoms with E-state index in [0.29, 0.717) is 18.2 Å². The van der Waals surface area contributed by atoms with Crippen LogP contribution in [0.3, 0.4) is 0 Å². The molecule has 2 aromatic heterocycles. The molecular formula is C20H24N4O2. The lowest BCUT2D eigenvalue weighted by Crippen LogP contribution is -2.25. The molecule has 0 radical (unpaired) electrons. The van der Waals surface area contributed by atoms with E-state index in [4.69, 9.17) is 4.74 Å². The summed E-state index contributed by atoms with van der Waals surface area (Å²) in [7, 11) is 1.77. The highest BCUT2D eigenvalue weighted by atomic mass is 16.5. The molecular weight excluding hydrogens is 328 g/mol. The highest BCUT2D eigenvalue weighted by molar-refractivity contribution is 5.92. The van der Waals surface area contributed by atoms with E-state index in [1.165, 1.54) is 16.6 Å². The number of benzene rings is 1. The largest absolute Gasteiger partial charge is 0.381 e. The van der Waals surface area contributed by atoms with Gasteiger partial charge in [0, 0.05) is 55.5 Å². The van der Waals surface area contributed by atoms with Crippen LogP contribution in [0.25, 0.3) is 10.9 Å². The minimum absolute atomic E-state index is 0.112. The van der Waals surface area contributed by atoms with Gasteiger partial charge in [-0.15, -0.1) is 0 Å². The second-order valence-corrected chi connectivity index (χ2v) is 6.95. The van der Waals surface area contributed by atoms with Gasteiger partial charge in [0.25, 0.3) is 5.91 Å². The van der Waals surface area contributed by atoms with E-state index in [0.717, 1.165) is 37.1 Å². The summed E-state index contributed by atoms with van der Waals surface area (Å²) in [4.78, 5) is 15.9. The molecule has 6 heteroatoms. The summed E-state index contributed by atoms with van der Waals surface area (Å²) < 4.78 is 7.07. The lowest BCUT2D eigenvalue weighted by molar-refractivity contribution is 0.0845. The minimum atomic E-state index is -0.112. The first-order valence-electron chi connectivity index (χ1n) is 9.08. The Bertz CT molecular complexity index is 935. The van der Waals surface area contributed by atoms with Crippen LogP contribution in [-0.2, 0) is 18.3 Å². The molecule has 1 saturated heterocycles. The highest BCUT2D eigenvalue weighted by Gasteiger charge is 2.20. The van der Waals surface area contributed by atoms with E-state index in [1.54, 1.807) is 24.0 Å². The van der Waals surface area contributed by atoms with Crippen LogP contribution in [0.15, 0.2) is 30.5 Å². The monoisotopic (exact) mass is 352 g/mol. The molecule has 2 N–H and O–H groups in total. The molecule has 0 atom stereocenters. The first-order chi connectivity index (χ1) is 12.6. The molecule has 1 aliphatic rings. The number of rotatable bonds is 4. The van der Waals surface area contributed by atoms with Crippen LogP contribution in [0.2, 0.25) is 0 Å². The second kappa shape index (κ2) is 6.96. The molecule has 0 spiro atoms. The summed E-state index contributed by atoms with van der Waals surface area (Å²) in [6.45, 7) is 4.36. The number of H-pyrrole nitrogens is 1. The van der Waals surface area contributed by atoms with E-state index in [9.17, 15) is 4.79 Å². The maximum Gasteiger partial charge on any atom is 0.269 e. The summed E-state index contributed by atoms with van der Waals surface area (Å²) in [5.41, 5.74) is 5.45. The number of aromatic amines is 1. The fraction of sp³-hybridized carbons (Fsp3) is 0.400. The lowest BCUT2D eigenvalue weighted by Gasteiger charge is -2.21. The van der Waals surface area contributed by atoms with Gasteiger partial charge in [-0.1, -0.05) is 6.07 Å². The van der Waals surface area contributed by atoms with Crippen molar-refractivity contribution in [2.75, 3.05) is 13.2 Å². The van der Waals surface area contributed by atoms with Crippen LogP contribution in [0.1, 0.15) is 46.1 Å². The van der Waals surface area contributed by atoms with E-state index >= 15 is 0 Å². The minimum Gasteiger partial charge on any atom is -0.381 e. The number of nitrogens with zero attached hydrogens (tertiary/aromatic N) is 2. The number of ether oxygens (including phenoxy) is 1. The van der Waals surface area contributed by atoms with Crippen molar-refractivity contribution >= 4 is 16.8 Å². The maximum atomic E-state index is 12.3. The number of fused-ring (bicyclic) bond motifs is 1. The number of hydrogen-bond donors (Lipinski definition) is 2. The second-order valence-electron chi connectivity index (χ2n) is 6.95. The fourth-order valence-electron chi connectivity index (χ4n) is 3.77. The smallest absolute Gasteiger partial charge is 0.269 e. The Morgan fingerprint density at radius 2 is 2.15 bits per heavy atom. The first-order valence-corrected chi connectivity index (χ1v) is 9.08. The van der Waals surface area contributed by atoms with Gasteiger partial charge in [0.05, 0.1) is 0 Å². The number of amides is 1. The number of nitrogens with one attached hydrogen (secondary N) is 2. The summed E-state index contributed by atoms with van der Waals surface area (Å²) in [6.07, 6.45) is 3.77. The number of carbonyl (C=O) groups excluding carboxylic acids is 1. The average Bonchev–Trinajstić information content (AvgIpc) is 3.24. The van der Waals surface area contributed by atoms with Crippen molar-refractivity contribution in [3.05, 3.63) is 53.0 Å². The molecule has 136 valence electrons. The van der Waals surface area contributed by atoms with Crippen molar-refractivity contribution in [3.8, 4) is 0 Å². The number of carbonyl (C=O) groups is 1. The Balaban J connectivity index is 1.53. The van der Waals surface area contributed by atoms with Crippen LogP contribution < -0.4 is 5.32 Å². The van der Waals surface area contributed by atoms with Crippen molar-refractivity contribution in [2.24, 2.45) is 7.05 Å². The Hall–Kier alpha value is -2.60. The molecule has 1 aliphatic heterocycles. The Kier molecular flexibility index (Phi) is 4.51. The van der Waals surface area contributed by atoms with Crippen molar-refractivity contribution in [2.45, 2.75) is 32.2 Å². The van der Waals surface area contributed by atoms with Gasteiger partial charge in [-0.05, 0) is 49.1 Å². The molecule has 1 aromatic carbocycles. The van der Waals surface area contributed by atoms with Crippen molar-refractivity contribution in [3.63, 3.8) is 0 Å². The predicted octanol–water partition coefficient (Wildman–Crippen LogP) is 3.03. The van der Waals surface area contributed by atoms with Crippen molar-refractivity contribution < 1.29 is 9.53 Å². The Labute approximate surface area is 152 Å². The zero-order valence-electron chi connectivity index (χ0n) is 15.2. The third-order valence-corrected chi connectivity index (χ3v) is 5.30. The molecule has 3 aromatic rings. The predicted molar refractivity (Wildman–Crippen MR) is 100 cm³/mol. The van der Waals surface area contributed by atoms with E-state index < -0.39 is 0 Å². The van der Waals surface area contributed by atoms with Gasteiger partial charge in [-0.3, -0.25) is 9.48 Å². The molecule has 26 heavy (non-hydrogen) atoms. The summed E-state index contributed by atoms with van der Waals surface area (Å²) in [6, 6.07) is 8.06. The molecule has 6 nitrogen and oxygen atoms in total. The Morgan fingerprint density at radius 3 is 2.88 bits per heavy atom. The molecule has 0 aliphatic carbocycles. The van der Waals surface area contributed by atoms with Crippen LogP contribution in [0.4, 0.5) is 0 Å². The van der Waals surface area contributed by atoms with Gasteiger partial charge in [0.15, 0.2) is 0 Å². The van der Waals surface area contributed by atoms with Crippen LogP contribution in [0, 0.1) is 6.92 Å². The SMILES string of the molecule is Cc1c(C2CCOCC2)[nH]c2ccc(CNC(=O)c3ccnn3C)cc12. The van der Waals surface area contributed by atoms with Gasteiger partial charge < -0.3 is 15.0 Å². The normalized spacial score (nSPS) is 15.5. The summed E-state index contributed by atoms with van der Waals surface area (Å²) in [5.74, 6) is 0.433. The number of aryl methyl sites for hydroxylation is 2. The van der Waals surface area contributed by atoms with E-state index in [2.05, 4.69) is 40.5 Å².